The highest BCUT2D eigenvalue weighted by atomic mass is 32.1. The molecule has 5 nitrogen and oxygen atoms in total. The van der Waals surface area contributed by atoms with E-state index in [-0.39, 0.29) is 17.9 Å². The van der Waals surface area contributed by atoms with Gasteiger partial charge < -0.3 is 15.0 Å². The molecule has 1 atom stereocenters. The number of nitrogens with one attached hydrogen (secondary N) is 1. The van der Waals surface area contributed by atoms with Crippen LogP contribution in [0.4, 0.5) is 4.79 Å². The number of amides is 2. The predicted molar refractivity (Wildman–Crippen MR) is 81.9 cm³/mol. The van der Waals surface area contributed by atoms with Gasteiger partial charge in [-0.15, -0.1) is 11.3 Å². The molecule has 0 aromatic carbocycles. The van der Waals surface area contributed by atoms with Gasteiger partial charge in [0, 0.05) is 17.6 Å². The van der Waals surface area contributed by atoms with Gasteiger partial charge >= 0.3 is 12.0 Å². The van der Waals surface area contributed by atoms with Gasteiger partial charge in [0.15, 0.2) is 0 Å². The van der Waals surface area contributed by atoms with Crippen molar-refractivity contribution in [2.75, 3.05) is 13.7 Å². The molecule has 1 N–H and O–H groups in total. The second-order valence-corrected chi connectivity index (χ2v) is 6.43. The first kappa shape index (κ1) is 15.6. The van der Waals surface area contributed by atoms with Crippen LogP contribution in [0.1, 0.15) is 31.7 Å². The molecule has 2 amide bonds. The maximum Gasteiger partial charge on any atom is 0.338 e. The Morgan fingerprint density at radius 1 is 1.52 bits per heavy atom. The van der Waals surface area contributed by atoms with E-state index in [0.29, 0.717) is 17.9 Å². The molecule has 6 heteroatoms. The fourth-order valence-electron chi connectivity index (χ4n) is 2.09. The van der Waals surface area contributed by atoms with Gasteiger partial charge in [0.2, 0.25) is 0 Å². The summed E-state index contributed by atoms with van der Waals surface area (Å²) in [5.41, 5.74) is 1.13. The first-order chi connectivity index (χ1) is 9.91. The molecule has 0 spiro atoms. The minimum atomic E-state index is -0.437. The number of hydrogen-bond acceptors (Lipinski definition) is 4. The second kappa shape index (κ2) is 6.30. The number of urea groups is 1. The van der Waals surface area contributed by atoms with Crippen LogP contribution in [0.2, 0.25) is 0 Å². The summed E-state index contributed by atoms with van der Waals surface area (Å²) in [6.45, 7) is 6.11. The zero-order chi connectivity index (χ0) is 15.6. The maximum atomic E-state index is 12.4. The van der Waals surface area contributed by atoms with Crippen LogP contribution in [-0.2, 0) is 9.53 Å². The third-order valence-corrected chi connectivity index (χ3v) is 4.29. The molecule has 2 heterocycles. The molecule has 21 heavy (non-hydrogen) atoms. The van der Waals surface area contributed by atoms with Crippen molar-refractivity contribution in [3.8, 4) is 0 Å². The van der Waals surface area contributed by atoms with Crippen LogP contribution in [0.3, 0.4) is 0 Å². The Labute approximate surface area is 128 Å². The Morgan fingerprint density at radius 2 is 2.24 bits per heavy atom. The van der Waals surface area contributed by atoms with Crippen molar-refractivity contribution in [1.29, 1.82) is 0 Å². The largest absolute Gasteiger partial charge is 0.462 e. The number of carbonyl (C=O) groups is 2. The van der Waals surface area contributed by atoms with E-state index < -0.39 is 6.04 Å². The van der Waals surface area contributed by atoms with Gasteiger partial charge in [0.05, 0.1) is 18.2 Å². The van der Waals surface area contributed by atoms with Crippen molar-refractivity contribution >= 4 is 23.3 Å². The lowest BCUT2D eigenvalue weighted by Gasteiger charge is -2.32. The van der Waals surface area contributed by atoms with E-state index in [1.807, 2.05) is 31.4 Å². The van der Waals surface area contributed by atoms with Crippen molar-refractivity contribution in [1.82, 2.24) is 10.2 Å². The lowest BCUT2D eigenvalue weighted by atomic mass is 10.0. The minimum absolute atomic E-state index is 0.216. The topological polar surface area (TPSA) is 58.6 Å². The Balaban J connectivity index is 2.34. The number of rotatable bonds is 4. The molecule has 0 aliphatic carbocycles. The van der Waals surface area contributed by atoms with E-state index in [1.54, 1.807) is 14.0 Å². The molecule has 1 aromatic rings. The highest BCUT2D eigenvalue weighted by molar-refractivity contribution is 7.10. The van der Waals surface area contributed by atoms with E-state index in [1.165, 1.54) is 16.2 Å². The molecule has 2 rings (SSSR count). The van der Waals surface area contributed by atoms with E-state index in [0.717, 1.165) is 4.88 Å². The summed E-state index contributed by atoms with van der Waals surface area (Å²) in [4.78, 5) is 26.8. The number of hydrogen-bond donors (Lipinski definition) is 1. The van der Waals surface area contributed by atoms with Crippen molar-refractivity contribution in [3.63, 3.8) is 0 Å². The summed E-state index contributed by atoms with van der Waals surface area (Å²) in [6.07, 6.45) is 0. The van der Waals surface area contributed by atoms with E-state index in [2.05, 4.69) is 5.32 Å². The maximum absolute atomic E-state index is 12.4. The number of carbonyl (C=O) groups excluding carboxylic acids is 2. The smallest absolute Gasteiger partial charge is 0.338 e. The SMILES string of the molecule is CC1=C(C(=O)OCC(C)C)C(c2cccs2)NC(=O)N1C. The normalized spacial score (nSPS) is 19.0. The molecule has 1 aliphatic heterocycles. The van der Waals surface area contributed by atoms with Gasteiger partial charge in [0.25, 0.3) is 0 Å². The Morgan fingerprint density at radius 3 is 2.81 bits per heavy atom. The third-order valence-electron chi connectivity index (χ3n) is 3.35. The summed E-state index contributed by atoms with van der Waals surface area (Å²) in [6, 6.07) is 3.15. The van der Waals surface area contributed by atoms with E-state index in [9.17, 15) is 9.59 Å². The molecular weight excluding hydrogens is 288 g/mol. The molecule has 1 aliphatic rings. The lowest BCUT2D eigenvalue weighted by molar-refractivity contribution is -0.140. The Kier molecular flexibility index (Phi) is 4.67. The fourth-order valence-corrected chi connectivity index (χ4v) is 2.87. The summed E-state index contributed by atoms with van der Waals surface area (Å²) < 4.78 is 5.36. The predicted octanol–water partition coefficient (Wildman–Crippen LogP) is 2.92. The second-order valence-electron chi connectivity index (χ2n) is 5.45. The summed E-state index contributed by atoms with van der Waals surface area (Å²) in [5.74, 6) is -0.0996. The third kappa shape index (κ3) is 3.26. The summed E-state index contributed by atoms with van der Waals surface area (Å²) in [7, 11) is 1.64. The van der Waals surface area contributed by atoms with Crippen molar-refractivity contribution in [2.24, 2.45) is 5.92 Å². The zero-order valence-corrected chi connectivity index (χ0v) is 13.5. The van der Waals surface area contributed by atoms with Crippen molar-refractivity contribution in [3.05, 3.63) is 33.7 Å². The van der Waals surface area contributed by atoms with Crippen molar-refractivity contribution < 1.29 is 14.3 Å². The molecule has 0 radical (unpaired) electrons. The van der Waals surface area contributed by atoms with E-state index >= 15 is 0 Å². The van der Waals surface area contributed by atoms with Gasteiger partial charge in [-0.05, 0) is 24.3 Å². The molecular formula is C15H20N2O3S. The lowest BCUT2D eigenvalue weighted by Crippen LogP contribution is -2.46. The first-order valence-electron chi connectivity index (χ1n) is 6.87. The van der Waals surface area contributed by atoms with Crippen LogP contribution in [0.25, 0.3) is 0 Å². The molecule has 0 fully saturated rings. The fraction of sp³-hybridized carbons (Fsp3) is 0.467. The zero-order valence-electron chi connectivity index (χ0n) is 12.7. The number of thiophene rings is 1. The Bertz CT molecular complexity index is 563. The minimum Gasteiger partial charge on any atom is -0.462 e. The van der Waals surface area contributed by atoms with Crippen molar-refractivity contribution in [2.45, 2.75) is 26.8 Å². The van der Waals surface area contributed by atoms with Gasteiger partial charge in [-0.25, -0.2) is 9.59 Å². The molecule has 114 valence electrons. The van der Waals surface area contributed by atoms with Crippen LogP contribution >= 0.6 is 11.3 Å². The Hall–Kier alpha value is -1.82. The molecule has 1 unspecified atom stereocenters. The number of nitrogens with zero attached hydrogens (tertiary/aromatic N) is 1. The molecule has 0 bridgehead atoms. The number of ether oxygens (including phenoxy) is 1. The molecule has 0 saturated heterocycles. The van der Waals surface area contributed by atoms with Gasteiger partial charge in [-0.2, -0.15) is 0 Å². The van der Waals surface area contributed by atoms with E-state index in [4.69, 9.17) is 4.74 Å². The standard InChI is InChI=1S/C15H20N2O3S/c1-9(2)8-20-14(18)12-10(3)17(4)15(19)16-13(12)11-6-5-7-21-11/h5-7,9,13H,8H2,1-4H3,(H,16,19). The highest BCUT2D eigenvalue weighted by Crippen LogP contribution is 2.32. The quantitative estimate of drug-likeness (QED) is 0.870. The first-order valence-corrected chi connectivity index (χ1v) is 7.75. The molecule has 1 aromatic heterocycles. The van der Waals surface area contributed by atoms with Gasteiger partial charge in [-0.3, -0.25) is 0 Å². The number of esters is 1. The van der Waals surface area contributed by atoms with Crippen LogP contribution in [0, 0.1) is 5.92 Å². The van der Waals surface area contributed by atoms with Crippen LogP contribution in [-0.4, -0.2) is 30.6 Å². The van der Waals surface area contributed by atoms with Crippen LogP contribution in [0.5, 0.6) is 0 Å². The highest BCUT2D eigenvalue weighted by Gasteiger charge is 2.35. The van der Waals surface area contributed by atoms with Crippen LogP contribution < -0.4 is 5.32 Å². The molecule has 0 saturated carbocycles. The summed E-state index contributed by atoms with van der Waals surface area (Å²) in [5, 5.41) is 4.78. The van der Waals surface area contributed by atoms with Gasteiger partial charge in [0.1, 0.15) is 0 Å². The average Bonchev–Trinajstić information content (AvgIpc) is 2.95. The number of allylic oxidation sites excluding steroid dienone is 1. The van der Waals surface area contributed by atoms with Gasteiger partial charge in [-0.1, -0.05) is 19.9 Å². The monoisotopic (exact) mass is 308 g/mol. The van der Waals surface area contributed by atoms with Crippen LogP contribution in [0.15, 0.2) is 28.8 Å². The average molecular weight is 308 g/mol. The summed E-state index contributed by atoms with van der Waals surface area (Å²) >= 11 is 1.51.